The summed E-state index contributed by atoms with van der Waals surface area (Å²) in [6.07, 6.45) is 0. The van der Waals surface area contributed by atoms with Crippen molar-refractivity contribution in [3.63, 3.8) is 0 Å². The second-order valence-electron chi connectivity index (χ2n) is 14.0. The lowest BCUT2D eigenvalue weighted by Gasteiger charge is -2.49. The molecular formula is C49H33N2PS2. The maximum Gasteiger partial charge on any atom is 0.0764 e. The molecule has 0 aromatic heterocycles. The molecule has 11 rings (SSSR count). The van der Waals surface area contributed by atoms with Gasteiger partial charge in [-0.1, -0.05) is 163 Å². The van der Waals surface area contributed by atoms with E-state index in [-0.39, 0.29) is 0 Å². The first-order valence-corrected chi connectivity index (χ1v) is 21.9. The SMILES string of the molecule is S=P1(c2ccccc2)c2ccccc2N(c2ccccc2)c2cc(N3c4ccccc4C4(c5ccccc5Sc5ccccc54)c4ccccc43)ccc21. The van der Waals surface area contributed by atoms with E-state index in [9.17, 15) is 0 Å². The van der Waals surface area contributed by atoms with Gasteiger partial charge in [0.05, 0.1) is 28.2 Å². The van der Waals surface area contributed by atoms with Crippen LogP contribution in [0.3, 0.4) is 0 Å². The topological polar surface area (TPSA) is 6.48 Å². The van der Waals surface area contributed by atoms with Gasteiger partial charge in [-0.2, -0.15) is 0 Å². The van der Waals surface area contributed by atoms with Crippen LogP contribution in [0.5, 0.6) is 0 Å². The van der Waals surface area contributed by atoms with Crippen LogP contribution < -0.4 is 25.7 Å². The summed E-state index contributed by atoms with van der Waals surface area (Å²) in [5, 5.41) is 3.63. The molecule has 8 aromatic rings. The van der Waals surface area contributed by atoms with Crippen molar-refractivity contribution in [1.82, 2.24) is 0 Å². The van der Waals surface area contributed by atoms with Gasteiger partial charge in [-0.3, -0.25) is 0 Å². The van der Waals surface area contributed by atoms with E-state index in [0.29, 0.717) is 0 Å². The van der Waals surface area contributed by atoms with Crippen molar-refractivity contribution in [3.8, 4) is 0 Å². The molecule has 3 aliphatic heterocycles. The molecule has 54 heavy (non-hydrogen) atoms. The van der Waals surface area contributed by atoms with E-state index in [4.69, 9.17) is 11.8 Å². The molecule has 3 heterocycles. The van der Waals surface area contributed by atoms with Gasteiger partial charge >= 0.3 is 0 Å². The van der Waals surface area contributed by atoms with Crippen LogP contribution in [-0.2, 0) is 17.2 Å². The van der Waals surface area contributed by atoms with E-state index in [1.54, 1.807) is 0 Å². The Kier molecular flexibility index (Phi) is 7.19. The zero-order valence-corrected chi connectivity index (χ0v) is 31.7. The largest absolute Gasteiger partial charge is 0.310 e. The molecule has 0 aliphatic carbocycles. The number of rotatable bonds is 3. The number of benzene rings is 8. The summed E-state index contributed by atoms with van der Waals surface area (Å²) in [7, 11) is 0. The molecule has 0 bridgehead atoms. The first kappa shape index (κ1) is 31.8. The highest BCUT2D eigenvalue weighted by Gasteiger charge is 2.50. The zero-order chi connectivity index (χ0) is 35.9. The van der Waals surface area contributed by atoms with Gasteiger partial charge in [-0.05, 0) is 88.2 Å². The standard InChI is InChI=1S/C49H33N2PS2/c53-52(36-19-5-2-6-20-36)45-28-14-13-27-43(45)50(34-17-3-1-4-18-34)44-33-35(31-32-46(44)52)51-41-25-11-7-21-37(41)49(38-22-8-12-26-42(38)51)39-23-9-15-29-47(39)54-48-30-16-10-24-40(48)49/h1-33H. The molecule has 3 aliphatic rings. The quantitative estimate of drug-likeness (QED) is 0.166. The van der Waals surface area contributed by atoms with E-state index < -0.39 is 11.5 Å². The van der Waals surface area contributed by atoms with Crippen LogP contribution in [0.25, 0.3) is 0 Å². The van der Waals surface area contributed by atoms with E-state index in [1.165, 1.54) is 59.3 Å². The average Bonchev–Trinajstić information content (AvgIpc) is 3.24. The van der Waals surface area contributed by atoms with Crippen LogP contribution in [-0.4, -0.2) is 0 Å². The highest BCUT2D eigenvalue weighted by atomic mass is 32.4. The fourth-order valence-corrected chi connectivity index (χ4v) is 14.6. The van der Waals surface area contributed by atoms with Gasteiger partial charge in [-0.25, -0.2) is 0 Å². The summed E-state index contributed by atoms with van der Waals surface area (Å²) in [4.78, 5) is 7.51. The molecule has 1 spiro atoms. The van der Waals surface area contributed by atoms with Gasteiger partial charge in [0.1, 0.15) is 0 Å². The van der Waals surface area contributed by atoms with E-state index >= 15 is 0 Å². The Hall–Kier alpha value is -5.64. The van der Waals surface area contributed by atoms with E-state index in [2.05, 4.69) is 210 Å². The van der Waals surface area contributed by atoms with Crippen LogP contribution in [0.15, 0.2) is 210 Å². The molecular weight excluding hydrogens is 712 g/mol. The molecule has 0 saturated carbocycles. The Morgan fingerprint density at radius 2 is 0.852 bits per heavy atom. The van der Waals surface area contributed by atoms with Crippen molar-refractivity contribution < 1.29 is 0 Å². The van der Waals surface area contributed by atoms with Crippen molar-refractivity contribution in [2.24, 2.45) is 0 Å². The number of para-hydroxylation sites is 4. The van der Waals surface area contributed by atoms with Gasteiger partial charge in [0.15, 0.2) is 0 Å². The van der Waals surface area contributed by atoms with Crippen LogP contribution in [0, 0.1) is 0 Å². The molecule has 0 radical (unpaired) electrons. The summed E-state index contributed by atoms with van der Waals surface area (Å²) in [6.45, 7) is 0. The third kappa shape index (κ3) is 4.33. The third-order valence-corrected chi connectivity index (χ3v) is 17.4. The Morgan fingerprint density at radius 3 is 1.48 bits per heavy atom. The van der Waals surface area contributed by atoms with Gasteiger partial charge in [-0.15, -0.1) is 0 Å². The fourth-order valence-electron chi connectivity index (χ4n) is 9.15. The van der Waals surface area contributed by atoms with Crippen molar-refractivity contribution in [2.75, 3.05) is 9.80 Å². The zero-order valence-electron chi connectivity index (χ0n) is 29.2. The van der Waals surface area contributed by atoms with Crippen molar-refractivity contribution in [2.45, 2.75) is 15.2 Å². The third-order valence-electron chi connectivity index (χ3n) is 11.3. The van der Waals surface area contributed by atoms with Crippen LogP contribution in [0.1, 0.15) is 22.3 Å². The predicted molar refractivity (Wildman–Crippen MR) is 231 cm³/mol. The molecule has 5 heteroatoms. The predicted octanol–water partition coefficient (Wildman–Crippen LogP) is 11.9. The second kappa shape index (κ2) is 12.2. The highest BCUT2D eigenvalue weighted by molar-refractivity contribution is 8.25. The smallest absolute Gasteiger partial charge is 0.0764 e. The summed E-state index contributed by atoms with van der Waals surface area (Å²) in [6, 6.07) is 71.0. The van der Waals surface area contributed by atoms with E-state index in [0.717, 1.165) is 22.7 Å². The number of hydrogen-bond donors (Lipinski definition) is 0. The Bertz CT molecular complexity index is 2720. The first-order valence-electron chi connectivity index (χ1n) is 18.3. The second-order valence-corrected chi connectivity index (χ2v) is 19.4. The molecule has 0 amide bonds. The van der Waals surface area contributed by atoms with Crippen LogP contribution in [0.2, 0.25) is 0 Å². The monoisotopic (exact) mass is 744 g/mol. The lowest BCUT2D eigenvalue weighted by atomic mass is 9.62. The number of fused-ring (bicyclic) bond motifs is 10. The summed E-state index contributed by atoms with van der Waals surface area (Å²) in [5.74, 6) is 0. The molecule has 1 unspecified atom stereocenters. The van der Waals surface area contributed by atoms with Crippen LogP contribution >= 0.6 is 17.8 Å². The number of hydrogen-bond acceptors (Lipinski definition) is 4. The summed E-state index contributed by atoms with van der Waals surface area (Å²) >= 11 is 8.86. The van der Waals surface area contributed by atoms with Gasteiger partial charge in [0.25, 0.3) is 0 Å². The Labute approximate surface area is 325 Å². The summed E-state index contributed by atoms with van der Waals surface area (Å²) < 4.78 is 0. The Balaban J connectivity index is 1.20. The summed E-state index contributed by atoms with van der Waals surface area (Å²) in [5.41, 5.74) is 11.6. The Morgan fingerprint density at radius 1 is 0.389 bits per heavy atom. The molecule has 2 nitrogen and oxygen atoms in total. The van der Waals surface area contributed by atoms with Crippen molar-refractivity contribution >= 4 is 79.6 Å². The minimum Gasteiger partial charge on any atom is -0.310 e. The lowest BCUT2D eigenvalue weighted by molar-refractivity contribution is 0.692. The van der Waals surface area contributed by atoms with Gasteiger partial charge < -0.3 is 9.80 Å². The highest BCUT2D eigenvalue weighted by Crippen LogP contribution is 2.63. The molecule has 256 valence electrons. The molecule has 0 fully saturated rings. The van der Waals surface area contributed by atoms with Crippen molar-refractivity contribution in [1.29, 1.82) is 0 Å². The maximum atomic E-state index is 6.98. The molecule has 0 saturated heterocycles. The molecule has 8 aromatic carbocycles. The average molecular weight is 745 g/mol. The lowest BCUT2D eigenvalue weighted by Crippen LogP contribution is -2.40. The van der Waals surface area contributed by atoms with Gasteiger partial charge in [0.2, 0.25) is 0 Å². The number of anilines is 6. The van der Waals surface area contributed by atoms with E-state index in [1.807, 2.05) is 11.8 Å². The normalized spacial score (nSPS) is 17.0. The van der Waals surface area contributed by atoms with Crippen molar-refractivity contribution in [3.05, 3.63) is 222 Å². The van der Waals surface area contributed by atoms with Crippen LogP contribution in [0.4, 0.5) is 34.1 Å². The number of nitrogens with zero attached hydrogens (tertiary/aromatic N) is 2. The minimum atomic E-state index is -2.43. The fraction of sp³-hybridized carbons (Fsp3) is 0.0204. The molecule has 1 atom stereocenters. The molecule has 0 N–H and O–H groups in total. The first-order chi connectivity index (χ1) is 26.7. The maximum absolute atomic E-state index is 6.98. The minimum absolute atomic E-state index is 0.486. The van der Waals surface area contributed by atoms with Gasteiger partial charge in [0, 0.05) is 37.8 Å².